The Labute approximate surface area is 250 Å². The Balaban J connectivity index is 1.30. The second-order valence-corrected chi connectivity index (χ2v) is 20.1. The van der Waals surface area contributed by atoms with Crippen LogP contribution in [0.5, 0.6) is 0 Å². The highest BCUT2D eigenvalue weighted by molar-refractivity contribution is 7.17. The minimum atomic E-state index is -1.91. The van der Waals surface area contributed by atoms with Crippen molar-refractivity contribution in [3.8, 4) is 0 Å². The highest BCUT2D eigenvalue weighted by atomic mass is 32.1. The van der Waals surface area contributed by atoms with Crippen LogP contribution >= 0.6 is 22.7 Å². The summed E-state index contributed by atoms with van der Waals surface area (Å²) in [6, 6.07) is 17.2. The molecule has 3 nitrogen and oxygen atoms in total. The normalized spacial score (nSPS) is 26.7. The number of anilines is 2. The minimum absolute atomic E-state index is 0.0377. The number of allylic oxidation sites excluding steroid dienone is 4. The zero-order valence-electron chi connectivity index (χ0n) is 24.3. The molecule has 41 heavy (non-hydrogen) atoms. The number of thiophene rings is 2. The maximum Gasteiger partial charge on any atom is 0.177 e. The number of carbonyl (C=O) groups is 2. The summed E-state index contributed by atoms with van der Waals surface area (Å²) in [5.41, 5.74) is 4.01. The Morgan fingerprint density at radius 3 is 2.46 bits per heavy atom. The molecule has 6 heteroatoms. The van der Waals surface area contributed by atoms with Crippen LogP contribution in [-0.2, 0) is 11.8 Å². The molecule has 0 spiro atoms. The molecule has 2 aliphatic carbocycles. The summed E-state index contributed by atoms with van der Waals surface area (Å²) in [6.45, 7) is 14.1. The fourth-order valence-corrected chi connectivity index (χ4v) is 13.5. The van der Waals surface area contributed by atoms with Crippen molar-refractivity contribution in [3.05, 3.63) is 98.5 Å². The van der Waals surface area contributed by atoms with Gasteiger partial charge in [0.15, 0.2) is 11.6 Å². The Morgan fingerprint density at radius 1 is 0.951 bits per heavy atom. The number of ketones is 2. The zero-order valence-corrected chi connectivity index (χ0v) is 27.0. The average Bonchev–Trinajstić information content (AvgIpc) is 3.62. The predicted octanol–water partition coefficient (Wildman–Crippen LogP) is 8.71. The van der Waals surface area contributed by atoms with Gasteiger partial charge in [0.25, 0.3) is 0 Å². The van der Waals surface area contributed by atoms with Crippen LogP contribution in [0.1, 0.15) is 65.3 Å². The van der Waals surface area contributed by atoms with Crippen molar-refractivity contribution < 1.29 is 9.59 Å². The van der Waals surface area contributed by atoms with Crippen molar-refractivity contribution in [1.82, 2.24) is 0 Å². The number of para-hydroxylation sites is 1. The van der Waals surface area contributed by atoms with Gasteiger partial charge in [-0.2, -0.15) is 0 Å². The maximum atomic E-state index is 13.9. The van der Waals surface area contributed by atoms with Crippen LogP contribution in [0.25, 0.3) is 10.1 Å². The van der Waals surface area contributed by atoms with Crippen LogP contribution in [0.2, 0.25) is 13.1 Å². The topological polar surface area (TPSA) is 37.4 Å². The van der Waals surface area contributed by atoms with Crippen LogP contribution in [0.15, 0.2) is 77.0 Å². The SMILES string of the molecule is CC1(Cc2cc3c(s2)N2C4=C(C=CCC4(C)C3(C)C)[Si](C)(C)c3ccccc32)C(=O)c2cc3ccsc3cc2C1=O. The van der Waals surface area contributed by atoms with Gasteiger partial charge in [0.2, 0.25) is 0 Å². The van der Waals surface area contributed by atoms with Gasteiger partial charge in [0, 0.05) is 49.3 Å². The molecule has 0 radical (unpaired) electrons. The molecule has 4 aromatic rings. The van der Waals surface area contributed by atoms with Crippen molar-refractivity contribution >= 4 is 68.3 Å². The van der Waals surface area contributed by atoms with Gasteiger partial charge in [-0.15, -0.1) is 22.7 Å². The Morgan fingerprint density at radius 2 is 1.68 bits per heavy atom. The van der Waals surface area contributed by atoms with Crippen molar-refractivity contribution in [2.75, 3.05) is 4.90 Å². The first-order valence-electron chi connectivity index (χ1n) is 14.4. The van der Waals surface area contributed by atoms with Crippen LogP contribution < -0.4 is 10.1 Å². The van der Waals surface area contributed by atoms with E-state index < -0.39 is 13.5 Å². The summed E-state index contributed by atoms with van der Waals surface area (Å²) in [4.78, 5) is 31.5. The molecule has 0 fully saturated rings. The summed E-state index contributed by atoms with van der Waals surface area (Å²) in [6.07, 6.45) is 6.24. The largest absolute Gasteiger partial charge is 0.305 e. The molecular formula is C35H33NO2S2Si. The van der Waals surface area contributed by atoms with Crippen LogP contribution in [0.3, 0.4) is 0 Å². The molecule has 4 aliphatic rings. The average molecular weight is 592 g/mol. The molecule has 2 unspecified atom stereocenters. The molecule has 2 aliphatic heterocycles. The van der Waals surface area contributed by atoms with E-state index in [1.54, 1.807) is 22.7 Å². The Hall–Kier alpha value is -3.06. The second-order valence-electron chi connectivity index (χ2n) is 13.8. The number of hydrogen-bond donors (Lipinski definition) is 0. The van der Waals surface area contributed by atoms with Crippen molar-refractivity contribution in [2.45, 2.75) is 59.0 Å². The summed E-state index contributed by atoms with van der Waals surface area (Å²) in [5, 5.41) is 7.31. The predicted molar refractivity (Wildman–Crippen MR) is 174 cm³/mol. The van der Waals surface area contributed by atoms with Gasteiger partial charge < -0.3 is 4.90 Å². The van der Waals surface area contributed by atoms with Crippen LogP contribution in [0, 0.1) is 10.8 Å². The van der Waals surface area contributed by atoms with Gasteiger partial charge in [-0.3, -0.25) is 9.59 Å². The first-order valence-corrected chi connectivity index (χ1v) is 19.1. The third-order valence-electron chi connectivity index (χ3n) is 10.9. The number of rotatable bonds is 2. The lowest BCUT2D eigenvalue weighted by Crippen LogP contribution is -2.58. The zero-order chi connectivity index (χ0) is 28.7. The summed E-state index contributed by atoms with van der Waals surface area (Å²) in [7, 11) is -1.91. The molecule has 2 aromatic heterocycles. The van der Waals surface area contributed by atoms with E-state index in [9.17, 15) is 9.59 Å². The summed E-state index contributed by atoms with van der Waals surface area (Å²) >= 11 is 3.39. The minimum Gasteiger partial charge on any atom is -0.305 e. The lowest BCUT2D eigenvalue weighted by molar-refractivity contribution is 0.0723. The third kappa shape index (κ3) is 2.98. The molecule has 8 rings (SSSR count). The van der Waals surface area contributed by atoms with Gasteiger partial charge in [0.1, 0.15) is 13.1 Å². The second kappa shape index (κ2) is 7.85. The van der Waals surface area contributed by atoms with Gasteiger partial charge in [-0.05, 0) is 70.4 Å². The molecule has 0 amide bonds. The molecule has 206 valence electrons. The summed E-state index contributed by atoms with van der Waals surface area (Å²) in [5.74, 6) is -0.0774. The molecule has 0 bridgehead atoms. The highest BCUT2D eigenvalue weighted by Crippen LogP contribution is 2.64. The van der Waals surface area contributed by atoms with E-state index in [0.29, 0.717) is 17.5 Å². The number of fused-ring (bicyclic) bond motifs is 6. The maximum absolute atomic E-state index is 13.9. The fourth-order valence-electron chi connectivity index (χ4n) is 8.00. The lowest BCUT2D eigenvalue weighted by Gasteiger charge is -2.58. The van der Waals surface area contributed by atoms with E-state index in [2.05, 4.69) is 81.2 Å². The van der Waals surface area contributed by atoms with Gasteiger partial charge in [-0.1, -0.05) is 64.2 Å². The lowest BCUT2D eigenvalue weighted by atomic mass is 9.57. The molecule has 0 N–H and O–H groups in total. The van der Waals surface area contributed by atoms with Gasteiger partial charge >= 0.3 is 0 Å². The quantitative estimate of drug-likeness (QED) is 0.173. The number of hydrogen-bond acceptors (Lipinski definition) is 5. The van der Waals surface area contributed by atoms with E-state index in [1.807, 2.05) is 30.5 Å². The smallest absolute Gasteiger partial charge is 0.177 e. The van der Waals surface area contributed by atoms with Crippen molar-refractivity contribution in [3.63, 3.8) is 0 Å². The molecule has 2 aromatic carbocycles. The fraction of sp³-hybridized carbons (Fsp3) is 0.314. The van der Waals surface area contributed by atoms with Crippen molar-refractivity contribution in [1.29, 1.82) is 0 Å². The van der Waals surface area contributed by atoms with Gasteiger partial charge in [0.05, 0.1) is 5.41 Å². The van der Waals surface area contributed by atoms with Crippen molar-refractivity contribution in [2.24, 2.45) is 10.8 Å². The number of benzene rings is 2. The molecular weight excluding hydrogens is 559 g/mol. The summed E-state index contributed by atoms with van der Waals surface area (Å²) < 4.78 is 1.06. The van der Waals surface area contributed by atoms with Gasteiger partial charge in [-0.25, -0.2) is 0 Å². The molecule has 2 atom stereocenters. The highest BCUT2D eigenvalue weighted by Gasteiger charge is 2.58. The standard InChI is InChI=1S/C35H33NO2S2Si/c1-33(2)24-17-21(19-34(3)30(37)22-16-20-13-15-39-26(20)18-23(22)31(34)38)40-32(24)36-25-10-7-8-11-27(25)41(5,6)28-12-9-14-35(33,4)29(28)36/h7-13,15-18H,14,19H2,1-6H3. The Bertz CT molecular complexity index is 1890. The first-order chi connectivity index (χ1) is 19.4. The number of Topliss-reactive ketones (excluding diaryl/α,β-unsaturated/α-hetero) is 2. The molecule has 0 saturated carbocycles. The monoisotopic (exact) mass is 591 g/mol. The van der Waals surface area contributed by atoms with E-state index in [4.69, 9.17) is 0 Å². The number of nitrogens with zero attached hydrogens (tertiary/aromatic N) is 1. The van der Waals surface area contributed by atoms with Crippen LogP contribution in [-0.4, -0.2) is 19.6 Å². The van der Waals surface area contributed by atoms with Crippen LogP contribution in [0.4, 0.5) is 10.7 Å². The van der Waals surface area contributed by atoms with E-state index in [0.717, 1.165) is 21.4 Å². The number of carbonyl (C=O) groups excluding carboxylic acids is 2. The van der Waals surface area contributed by atoms with E-state index >= 15 is 0 Å². The molecule has 0 saturated heterocycles. The third-order valence-corrected chi connectivity index (χ3v) is 16.5. The van der Waals surface area contributed by atoms with E-state index in [1.165, 1.54) is 32.3 Å². The Kier molecular flexibility index (Phi) is 4.91. The van der Waals surface area contributed by atoms with E-state index in [-0.39, 0.29) is 22.4 Å². The first kappa shape index (κ1) is 25.6. The molecule has 4 heterocycles.